The van der Waals surface area contributed by atoms with E-state index in [0.29, 0.717) is 11.3 Å². The summed E-state index contributed by atoms with van der Waals surface area (Å²) >= 11 is 5.96. The summed E-state index contributed by atoms with van der Waals surface area (Å²) < 4.78 is 1.60. The maximum atomic E-state index is 12.1. The molecule has 0 radical (unpaired) electrons. The van der Waals surface area contributed by atoms with Gasteiger partial charge in [0.15, 0.2) is 0 Å². The van der Waals surface area contributed by atoms with Gasteiger partial charge in [0.25, 0.3) is 5.91 Å². The molecule has 8 heteroatoms. The van der Waals surface area contributed by atoms with E-state index in [2.05, 4.69) is 15.4 Å². The minimum atomic E-state index is -0.648. The Balaban J connectivity index is 2.39. The van der Waals surface area contributed by atoms with Crippen molar-refractivity contribution in [2.24, 2.45) is 7.05 Å². The van der Waals surface area contributed by atoms with E-state index in [1.165, 1.54) is 6.07 Å². The van der Waals surface area contributed by atoms with Gasteiger partial charge in [0.1, 0.15) is 5.15 Å². The number of rotatable bonds is 4. The van der Waals surface area contributed by atoms with Crippen LogP contribution < -0.4 is 11.1 Å². The highest BCUT2D eigenvalue weighted by molar-refractivity contribution is 6.30. The lowest BCUT2D eigenvalue weighted by molar-refractivity contribution is 0.0925. The number of nitrogens with two attached hydrogens (primary N) is 1. The second-order valence-electron chi connectivity index (χ2n) is 4.72. The van der Waals surface area contributed by atoms with E-state index < -0.39 is 12.0 Å². The zero-order valence-corrected chi connectivity index (χ0v) is 12.4. The van der Waals surface area contributed by atoms with Crippen LogP contribution in [0.3, 0.4) is 0 Å². The van der Waals surface area contributed by atoms with Crippen molar-refractivity contribution in [3.8, 4) is 11.3 Å². The minimum absolute atomic E-state index is 0.125. The smallest absolute Gasteiger partial charge is 0.253 e. The van der Waals surface area contributed by atoms with Crippen LogP contribution >= 0.6 is 11.6 Å². The highest BCUT2D eigenvalue weighted by atomic mass is 35.5. The standard InChI is InChI=1S/C13H16ClN5O2/c1-7(20)4-16-13(21)9-3-10(14)18-12(11(9)15)8-5-17-19(2)6-8/h3,5-7,20H,4,15H2,1-2H3,(H,16,21)/t7-/m0/s1. The molecule has 2 heterocycles. The minimum Gasteiger partial charge on any atom is -0.396 e. The molecule has 0 aliphatic rings. The van der Waals surface area contributed by atoms with Crippen molar-refractivity contribution in [2.75, 3.05) is 12.3 Å². The lowest BCUT2D eigenvalue weighted by atomic mass is 10.1. The Labute approximate surface area is 126 Å². The van der Waals surface area contributed by atoms with Crippen LogP contribution in [-0.2, 0) is 7.05 Å². The van der Waals surface area contributed by atoms with Crippen LogP contribution in [-0.4, -0.2) is 38.4 Å². The molecular weight excluding hydrogens is 294 g/mol. The third-order valence-corrected chi connectivity index (χ3v) is 3.00. The first-order valence-electron chi connectivity index (χ1n) is 6.29. The second-order valence-corrected chi connectivity index (χ2v) is 5.10. The summed E-state index contributed by atoms with van der Waals surface area (Å²) in [6, 6.07) is 1.40. The first kappa shape index (κ1) is 15.3. The van der Waals surface area contributed by atoms with Crippen LogP contribution in [0.4, 0.5) is 5.69 Å². The van der Waals surface area contributed by atoms with E-state index in [4.69, 9.17) is 17.3 Å². The predicted molar refractivity (Wildman–Crippen MR) is 79.9 cm³/mol. The van der Waals surface area contributed by atoms with Crippen LogP contribution in [0.15, 0.2) is 18.5 Å². The number of aliphatic hydroxyl groups excluding tert-OH is 1. The van der Waals surface area contributed by atoms with Crippen molar-refractivity contribution in [3.05, 3.63) is 29.2 Å². The number of carbonyl (C=O) groups excluding carboxylic acids is 1. The molecule has 0 saturated carbocycles. The number of aliphatic hydroxyl groups is 1. The molecule has 2 aromatic heterocycles. The van der Waals surface area contributed by atoms with Gasteiger partial charge in [0.05, 0.1) is 29.2 Å². The highest BCUT2D eigenvalue weighted by Gasteiger charge is 2.17. The Morgan fingerprint density at radius 2 is 2.33 bits per heavy atom. The van der Waals surface area contributed by atoms with Gasteiger partial charge in [-0.25, -0.2) is 4.98 Å². The first-order chi connectivity index (χ1) is 9.88. The number of amides is 1. The molecule has 112 valence electrons. The number of hydrogen-bond acceptors (Lipinski definition) is 5. The van der Waals surface area contributed by atoms with Crippen LogP contribution in [0.2, 0.25) is 5.15 Å². The maximum Gasteiger partial charge on any atom is 0.253 e. The van der Waals surface area contributed by atoms with Crippen LogP contribution in [0.1, 0.15) is 17.3 Å². The third-order valence-electron chi connectivity index (χ3n) is 2.81. The Hall–Kier alpha value is -2.12. The number of pyridine rings is 1. The van der Waals surface area contributed by atoms with Gasteiger partial charge in [-0.05, 0) is 13.0 Å². The largest absolute Gasteiger partial charge is 0.396 e. The van der Waals surface area contributed by atoms with E-state index >= 15 is 0 Å². The van der Waals surface area contributed by atoms with E-state index in [1.807, 2.05) is 0 Å². The Morgan fingerprint density at radius 3 is 2.90 bits per heavy atom. The summed E-state index contributed by atoms with van der Waals surface area (Å²) in [5.74, 6) is -0.414. The van der Waals surface area contributed by atoms with Gasteiger partial charge in [0.2, 0.25) is 0 Å². The summed E-state index contributed by atoms with van der Waals surface area (Å²) in [5, 5.41) is 16.0. The number of aromatic nitrogens is 3. The summed E-state index contributed by atoms with van der Waals surface area (Å²) in [6.07, 6.45) is 2.67. The molecular formula is C13H16ClN5O2. The average molecular weight is 310 g/mol. The summed E-state index contributed by atoms with van der Waals surface area (Å²) in [7, 11) is 1.76. The van der Waals surface area contributed by atoms with Gasteiger partial charge in [0, 0.05) is 25.4 Å². The van der Waals surface area contributed by atoms with Crippen LogP contribution in [0.25, 0.3) is 11.3 Å². The number of halogens is 1. The molecule has 0 saturated heterocycles. The van der Waals surface area contributed by atoms with E-state index in [-0.39, 0.29) is 22.9 Å². The molecule has 7 nitrogen and oxygen atoms in total. The molecule has 0 bridgehead atoms. The summed E-state index contributed by atoms with van der Waals surface area (Å²) in [4.78, 5) is 16.3. The second kappa shape index (κ2) is 6.11. The molecule has 0 aromatic carbocycles. The Bertz CT molecular complexity index is 669. The monoisotopic (exact) mass is 309 g/mol. The van der Waals surface area contributed by atoms with Gasteiger partial charge in [-0.2, -0.15) is 5.10 Å². The fourth-order valence-electron chi connectivity index (χ4n) is 1.81. The SMILES string of the molecule is C[C@H](O)CNC(=O)c1cc(Cl)nc(-c2cnn(C)c2)c1N. The molecule has 0 fully saturated rings. The molecule has 1 atom stereocenters. The number of carbonyl (C=O) groups is 1. The van der Waals surface area contributed by atoms with Crippen LogP contribution in [0, 0.1) is 0 Å². The molecule has 1 amide bonds. The molecule has 2 aromatic rings. The normalized spacial score (nSPS) is 12.2. The molecule has 0 aliphatic carbocycles. The zero-order valence-electron chi connectivity index (χ0n) is 11.7. The fraction of sp³-hybridized carbons (Fsp3) is 0.308. The molecule has 0 aliphatic heterocycles. The number of nitrogen functional groups attached to an aromatic ring is 1. The quantitative estimate of drug-likeness (QED) is 0.725. The van der Waals surface area contributed by atoms with Crippen molar-refractivity contribution in [3.63, 3.8) is 0 Å². The number of hydrogen-bond donors (Lipinski definition) is 3. The number of nitrogens with zero attached hydrogens (tertiary/aromatic N) is 3. The fourth-order valence-corrected chi connectivity index (χ4v) is 2.00. The van der Waals surface area contributed by atoms with Gasteiger partial charge < -0.3 is 16.2 Å². The molecule has 0 spiro atoms. The van der Waals surface area contributed by atoms with Crippen molar-refractivity contribution in [1.29, 1.82) is 0 Å². The van der Waals surface area contributed by atoms with Gasteiger partial charge in [-0.15, -0.1) is 0 Å². The number of aryl methyl sites for hydroxylation is 1. The number of anilines is 1. The lowest BCUT2D eigenvalue weighted by Gasteiger charge is -2.11. The van der Waals surface area contributed by atoms with Crippen LogP contribution in [0.5, 0.6) is 0 Å². The first-order valence-corrected chi connectivity index (χ1v) is 6.67. The average Bonchev–Trinajstić information content (AvgIpc) is 2.84. The molecule has 4 N–H and O–H groups in total. The maximum absolute atomic E-state index is 12.1. The Kier molecular flexibility index (Phi) is 4.44. The van der Waals surface area contributed by atoms with Gasteiger partial charge in [-0.1, -0.05) is 11.6 Å². The predicted octanol–water partition coefficient (Wildman–Crippen LogP) is 0.828. The van der Waals surface area contributed by atoms with Gasteiger partial charge in [-0.3, -0.25) is 9.48 Å². The zero-order chi connectivity index (χ0) is 15.6. The van der Waals surface area contributed by atoms with Gasteiger partial charge >= 0.3 is 0 Å². The van der Waals surface area contributed by atoms with Crippen molar-refractivity contribution in [2.45, 2.75) is 13.0 Å². The molecule has 2 rings (SSSR count). The van der Waals surface area contributed by atoms with E-state index in [1.54, 1.807) is 31.0 Å². The lowest BCUT2D eigenvalue weighted by Crippen LogP contribution is -2.31. The topological polar surface area (TPSA) is 106 Å². The Morgan fingerprint density at radius 1 is 1.62 bits per heavy atom. The molecule has 0 unspecified atom stereocenters. The van der Waals surface area contributed by atoms with E-state index in [9.17, 15) is 9.90 Å². The highest BCUT2D eigenvalue weighted by Crippen LogP contribution is 2.28. The summed E-state index contributed by atoms with van der Waals surface area (Å²) in [6.45, 7) is 1.70. The molecule has 21 heavy (non-hydrogen) atoms. The van der Waals surface area contributed by atoms with E-state index in [0.717, 1.165) is 0 Å². The summed E-state index contributed by atoms with van der Waals surface area (Å²) in [5.41, 5.74) is 7.52. The third kappa shape index (κ3) is 3.50. The number of nitrogens with one attached hydrogen (secondary N) is 1. The van der Waals surface area contributed by atoms with Crippen molar-refractivity contribution >= 4 is 23.2 Å². The van der Waals surface area contributed by atoms with Crippen molar-refractivity contribution < 1.29 is 9.90 Å². The van der Waals surface area contributed by atoms with Crippen molar-refractivity contribution in [1.82, 2.24) is 20.1 Å².